The van der Waals surface area contributed by atoms with Crippen LogP contribution in [0.2, 0.25) is 0 Å². The molecule has 0 unspecified atom stereocenters. The summed E-state index contributed by atoms with van der Waals surface area (Å²) in [7, 11) is -3.67. The van der Waals surface area contributed by atoms with Crippen LogP contribution in [0, 0.1) is 5.92 Å². The minimum atomic E-state index is -3.67. The number of hydrogen-bond donors (Lipinski definition) is 2. The van der Waals surface area contributed by atoms with E-state index in [4.69, 9.17) is 0 Å². The quantitative estimate of drug-likeness (QED) is 0.820. The topological polar surface area (TPSA) is 87.6 Å². The molecule has 1 aliphatic heterocycles. The molecule has 1 aliphatic carbocycles. The van der Waals surface area contributed by atoms with Crippen molar-refractivity contribution >= 4 is 27.5 Å². The maximum absolute atomic E-state index is 12.4. The normalized spacial score (nSPS) is 20.5. The molecule has 1 atom stereocenters. The molecule has 1 aromatic carbocycles. The molecular formula is C17H21N3O3S. The van der Waals surface area contributed by atoms with E-state index in [1.807, 2.05) is 6.08 Å². The molecule has 24 heavy (non-hydrogen) atoms. The molecule has 1 aromatic rings. The number of sulfonamides is 1. The first-order valence-corrected chi connectivity index (χ1v) is 9.65. The van der Waals surface area contributed by atoms with E-state index < -0.39 is 10.0 Å². The van der Waals surface area contributed by atoms with E-state index in [9.17, 15) is 13.2 Å². The van der Waals surface area contributed by atoms with Gasteiger partial charge in [-0.25, -0.2) is 8.42 Å². The Morgan fingerprint density at radius 3 is 2.83 bits per heavy atom. The summed E-state index contributed by atoms with van der Waals surface area (Å²) in [5.74, 6) is 0.377. The predicted molar refractivity (Wildman–Crippen MR) is 93.4 cm³/mol. The van der Waals surface area contributed by atoms with Gasteiger partial charge in [0.1, 0.15) is 5.84 Å². The summed E-state index contributed by atoms with van der Waals surface area (Å²) < 4.78 is 27.3. The van der Waals surface area contributed by atoms with Crippen LogP contribution in [0.5, 0.6) is 0 Å². The summed E-state index contributed by atoms with van der Waals surface area (Å²) >= 11 is 0. The zero-order valence-corrected chi connectivity index (χ0v) is 14.2. The van der Waals surface area contributed by atoms with Crippen LogP contribution in [0.3, 0.4) is 0 Å². The Hall–Kier alpha value is -2.15. The highest BCUT2D eigenvalue weighted by Gasteiger charge is 2.21. The molecule has 0 fully saturated rings. The molecule has 0 saturated carbocycles. The van der Waals surface area contributed by atoms with Crippen LogP contribution in [-0.2, 0) is 14.8 Å². The summed E-state index contributed by atoms with van der Waals surface area (Å²) in [6.07, 6.45) is 8.05. The van der Waals surface area contributed by atoms with E-state index >= 15 is 0 Å². The second-order valence-corrected chi connectivity index (χ2v) is 7.72. The maximum atomic E-state index is 12.4. The van der Waals surface area contributed by atoms with Crippen LogP contribution in [0.4, 0.5) is 5.69 Å². The molecule has 2 N–H and O–H groups in total. The number of amidine groups is 1. The zero-order valence-electron chi connectivity index (χ0n) is 13.4. The number of nitrogens with one attached hydrogen (secondary N) is 2. The summed E-state index contributed by atoms with van der Waals surface area (Å²) in [5.41, 5.74) is 0.491. The van der Waals surface area contributed by atoms with Crippen LogP contribution in [0.1, 0.15) is 32.1 Å². The lowest BCUT2D eigenvalue weighted by Gasteiger charge is -2.17. The lowest BCUT2D eigenvalue weighted by atomic mass is 9.93. The van der Waals surface area contributed by atoms with Gasteiger partial charge in [-0.3, -0.25) is 14.5 Å². The van der Waals surface area contributed by atoms with Crippen molar-refractivity contribution in [2.24, 2.45) is 10.9 Å². The summed E-state index contributed by atoms with van der Waals surface area (Å²) in [5, 5.41) is 2.82. The molecule has 0 spiro atoms. The zero-order chi connectivity index (χ0) is 17.0. The Labute approximate surface area is 142 Å². The lowest BCUT2D eigenvalue weighted by molar-refractivity contribution is -0.120. The van der Waals surface area contributed by atoms with E-state index in [2.05, 4.69) is 21.1 Å². The van der Waals surface area contributed by atoms with Crippen LogP contribution in [-0.4, -0.2) is 26.7 Å². The number of nitrogens with zero attached hydrogens (tertiary/aromatic N) is 1. The van der Waals surface area contributed by atoms with E-state index in [0.717, 1.165) is 25.7 Å². The molecule has 2 aliphatic rings. The third-order valence-corrected chi connectivity index (χ3v) is 5.56. The second kappa shape index (κ2) is 7.17. The molecule has 0 radical (unpaired) electrons. The van der Waals surface area contributed by atoms with Crippen molar-refractivity contribution in [2.45, 2.75) is 37.0 Å². The van der Waals surface area contributed by atoms with Gasteiger partial charge in [0.05, 0.1) is 4.90 Å². The standard InChI is InChI=1S/C17H21N3O3S/c21-17(13-6-2-1-3-7-13)19-14-8-4-9-15(12-14)24(22,23)20-16-10-5-11-18-16/h1-2,4,8-9,12-13H,3,5-7,10-11H2,(H,18,20)(H,19,21)/t13-/m0/s1. The van der Waals surface area contributed by atoms with Gasteiger partial charge in [0.25, 0.3) is 10.0 Å². The highest BCUT2D eigenvalue weighted by atomic mass is 32.2. The molecule has 3 rings (SSSR count). The first-order chi connectivity index (χ1) is 11.5. The van der Waals surface area contributed by atoms with E-state index in [0.29, 0.717) is 24.5 Å². The minimum absolute atomic E-state index is 0.0544. The summed E-state index contributed by atoms with van der Waals surface area (Å²) in [6.45, 7) is 0.657. The predicted octanol–water partition coefficient (Wildman–Crippen LogP) is 2.45. The van der Waals surface area contributed by atoms with Gasteiger partial charge in [0.15, 0.2) is 0 Å². The Kier molecular flexibility index (Phi) is 4.99. The largest absolute Gasteiger partial charge is 0.326 e. The Morgan fingerprint density at radius 2 is 2.12 bits per heavy atom. The molecule has 0 aromatic heterocycles. The highest BCUT2D eigenvalue weighted by molar-refractivity contribution is 7.90. The van der Waals surface area contributed by atoms with Crippen LogP contribution >= 0.6 is 0 Å². The smallest absolute Gasteiger partial charge is 0.262 e. The summed E-state index contributed by atoms with van der Waals surface area (Å²) in [4.78, 5) is 16.5. The fraction of sp³-hybridized carbons (Fsp3) is 0.412. The van der Waals surface area contributed by atoms with Gasteiger partial charge in [0.2, 0.25) is 5.91 Å². The van der Waals surface area contributed by atoms with Crippen molar-refractivity contribution < 1.29 is 13.2 Å². The van der Waals surface area contributed by atoms with Crippen LogP contribution < -0.4 is 10.0 Å². The number of carbonyl (C=O) groups is 1. The van der Waals surface area contributed by atoms with Crippen molar-refractivity contribution in [3.05, 3.63) is 36.4 Å². The number of hydrogen-bond acceptors (Lipinski definition) is 4. The van der Waals surface area contributed by atoms with Crippen LogP contribution in [0.15, 0.2) is 46.3 Å². The van der Waals surface area contributed by atoms with Gasteiger partial charge in [-0.2, -0.15) is 0 Å². The van der Waals surface area contributed by atoms with E-state index in [1.165, 1.54) is 12.1 Å². The molecule has 6 nitrogen and oxygen atoms in total. The van der Waals surface area contributed by atoms with Crippen LogP contribution in [0.25, 0.3) is 0 Å². The number of rotatable bonds is 4. The lowest BCUT2D eigenvalue weighted by Crippen LogP contribution is -2.29. The SMILES string of the molecule is O=C(Nc1cccc(S(=O)(=O)NC2=NCCC2)c1)[C@H]1CC=CCC1. The average molecular weight is 347 g/mol. The number of aliphatic imine (C=N–C) groups is 1. The number of anilines is 1. The van der Waals surface area contributed by atoms with Gasteiger partial charge >= 0.3 is 0 Å². The Balaban J connectivity index is 1.71. The van der Waals surface area contributed by atoms with Crippen molar-refractivity contribution in [3.63, 3.8) is 0 Å². The first-order valence-electron chi connectivity index (χ1n) is 8.17. The maximum Gasteiger partial charge on any atom is 0.262 e. The third-order valence-electron chi connectivity index (χ3n) is 4.18. The molecule has 7 heteroatoms. The van der Waals surface area contributed by atoms with Gasteiger partial charge in [-0.1, -0.05) is 18.2 Å². The monoisotopic (exact) mass is 347 g/mol. The van der Waals surface area contributed by atoms with Gasteiger partial charge < -0.3 is 5.32 Å². The van der Waals surface area contributed by atoms with E-state index in [-0.39, 0.29) is 16.7 Å². The molecular weight excluding hydrogens is 326 g/mol. The third kappa shape index (κ3) is 4.03. The first kappa shape index (κ1) is 16.7. The van der Waals surface area contributed by atoms with Crippen molar-refractivity contribution in [1.29, 1.82) is 0 Å². The van der Waals surface area contributed by atoms with Crippen molar-refractivity contribution in [2.75, 3.05) is 11.9 Å². The fourth-order valence-electron chi connectivity index (χ4n) is 2.85. The van der Waals surface area contributed by atoms with Crippen molar-refractivity contribution in [3.8, 4) is 0 Å². The number of allylic oxidation sites excluding steroid dienone is 2. The number of benzene rings is 1. The number of carbonyl (C=O) groups excluding carboxylic acids is 1. The summed E-state index contributed by atoms with van der Waals surface area (Å²) in [6, 6.07) is 6.31. The highest BCUT2D eigenvalue weighted by Crippen LogP contribution is 2.22. The number of amides is 1. The van der Waals surface area contributed by atoms with Gasteiger partial charge in [-0.15, -0.1) is 0 Å². The minimum Gasteiger partial charge on any atom is -0.326 e. The van der Waals surface area contributed by atoms with Gasteiger partial charge in [0, 0.05) is 24.6 Å². The second-order valence-electron chi connectivity index (χ2n) is 6.04. The Bertz CT molecular complexity index is 784. The molecule has 0 saturated heterocycles. The van der Waals surface area contributed by atoms with Gasteiger partial charge in [-0.05, 0) is 43.9 Å². The Morgan fingerprint density at radius 1 is 1.25 bits per heavy atom. The molecule has 0 bridgehead atoms. The van der Waals surface area contributed by atoms with E-state index in [1.54, 1.807) is 12.1 Å². The average Bonchev–Trinajstić information content (AvgIpc) is 3.08. The fourth-order valence-corrected chi connectivity index (χ4v) is 3.99. The van der Waals surface area contributed by atoms with Crippen molar-refractivity contribution in [1.82, 2.24) is 4.72 Å². The molecule has 1 heterocycles. The molecule has 128 valence electrons. The molecule has 1 amide bonds.